The van der Waals surface area contributed by atoms with Gasteiger partial charge in [0.2, 0.25) is 10.2 Å². The molecule has 74 valence electrons. The van der Waals surface area contributed by atoms with Crippen molar-refractivity contribution in [2.75, 3.05) is 0 Å². The van der Waals surface area contributed by atoms with Crippen LogP contribution in [0.25, 0.3) is 0 Å². The van der Waals surface area contributed by atoms with Crippen LogP contribution in [0.5, 0.6) is 0 Å². The average Bonchev–Trinajstić information content (AvgIpc) is 2.16. The predicted octanol–water partition coefficient (Wildman–Crippen LogP) is 2.39. The van der Waals surface area contributed by atoms with E-state index in [2.05, 4.69) is 25.3 Å². The van der Waals surface area contributed by atoms with Gasteiger partial charge in [-0.15, -0.1) is 25.3 Å². The van der Waals surface area contributed by atoms with Crippen molar-refractivity contribution in [3.05, 3.63) is 34.9 Å². The molecule has 1 rings (SSSR count). The van der Waals surface area contributed by atoms with Crippen molar-refractivity contribution in [1.29, 1.82) is 0 Å². The van der Waals surface area contributed by atoms with Gasteiger partial charge >= 0.3 is 0 Å². The third-order valence-electron chi connectivity index (χ3n) is 1.98. The molecule has 2 nitrogen and oxygen atoms in total. The maximum absolute atomic E-state index is 11.2. The first kappa shape index (κ1) is 11.3. The minimum atomic E-state index is -0.405. The zero-order valence-electron chi connectivity index (χ0n) is 7.65. The van der Waals surface area contributed by atoms with E-state index in [1.54, 1.807) is 12.1 Å². The summed E-state index contributed by atoms with van der Waals surface area (Å²) in [6.07, 6.45) is 0.691. The van der Waals surface area contributed by atoms with Crippen LogP contribution in [0.4, 0.5) is 0 Å². The van der Waals surface area contributed by atoms with Crippen LogP contribution in [0.1, 0.15) is 33.2 Å². The first-order valence-electron chi connectivity index (χ1n) is 4.16. The molecule has 14 heavy (non-hydrogen) atoms. The molecule has 4 heteroatoms. The Morgan fingerprint density at radius 2 is 1.86 bits per heavy atom. The van der Waals surface area contributed by atoms with Crippen LogP contribution in [-0.4, -0.2) is 10.2 Å². The molecule has 0 aliphatic rings. The molecule has 0 radical (unpaired) electrons. The summed E-state index contributed by atoms with van der Waals surface area (Å²) < 4.78 is 0. The van der Waals surface area contributed by atoms with Crippen molar-refractivity contribution >= 4 is 35.5 Å². The second-order valence-electron chi connectivity index (χ2n) is 2.80. The fraction of sp³-hybridized carbons (Fsp3) is 0.200. The number of thiol groups is 2. The zero-order chi connectivity index (χ0) is 10.7. The van der Waals surface area contributed by atoms with Gasteiger partial charge in [0.15, 0.2) is 0 Å². The van der Waals surface area contributed by atoms with E-state index in [0.717, 1.165) is 5.56 Å². The normalized spacial score (nSPS) is 9.93. The number of carbonyl (C=O) groups is 2. The molecular weight excluding hydrogens is 216 g/mol. The molecule has 0 aliphatic carbocycles. The Morgan fingerprint density at radius 3 is 2.29 bits per heavy atom. The first-order valence-corrected chi connectivity index (χ1v) is 5.05. The molecule has 0 bridgehead atoms. The summed E-state index contributed by atoms with van der Waals surface area (Å²) in [5.74, 6) is 0. The van der Waals surface area contributed by atoms with Crippen molar-refractivity contribution in [1.82, 2.24) is 0 Å². The van der Waals surface area contributed by atoms with Crippen molar-refractivity contribution in [2.45, 2.75) is 13.3 Å². The number of hydrogen-bond donors (Lipinski definition) is 2. The Hall–Kier alpha value is -0.740. The molecular formula is C10H10O2S2. The molecule has 0 saturated carbocycles. The van der Waals surface area contributed by atoms with Gasteiger partial charge in [0.05, 0.1) is 0 Å². The molecule has 0 heterocycles. The van der Waals surface area contributed by atoms with E-state index < -0.39 is 5.12 Å². The summed E-state index contributed by atoms with van der Waals surface area (Å²) in [4.78, 5) is 22.3. The van der Waals surface area contributed by atoms with E-state index in [9.17, 15) is 9.59 Å². The smallest absolute Gasteiger partial charge is 0.217 e. The average molecular weight is 226 g/mol. The van der Waals surface area contributed by atoms with Crippen LogP contribution in [0.3, 0.4) is 0 Å². The van der Waals surface area contributed by atoms with Gasteiger partial charge in [-0.3, -0.25) is 9.59 Å². The Balaban J connectivity index is 3.43. The van der Waals surface area contributed by atoms with Gasteiger partial charge < -0.3 is 0 Å². The molecule has 0 atom stereocenters. The van der Waals surface area contributed by atoms with Crippen LogP contribution in [-0.2, 0) is 6.42 Å². The lowest BCUT2D eigenvalue weighted by Gasteiger charge is -2.07. The third-order valence-corrected chi connectivity index (χ3v) is 2.44. The molecule has 0 unspecified atom stereocenters. The van der Waals surface area contributed by atoms with Gasteiger partial charge in [0.1, 0.15) is 0 Å². The van der Waals surface area contributed by atoms with E-state index in [1.165, 1.54) is 0 Å². The van der Waals surface area contributed by atoms with Gasteiger partial charge in [0.25, 0.3) is 0 Å². The largest absolute Gasteiger partial charge is 0.282 e. The summed E-state index contributed by atoms with van der Waals surface area (Å²) in [5, 5.41) is -0.794. The molecule has 1 aromatic carbocycles. The minimum Gasteiger partial charge on any atom is -0.282 e. The zero-order valence-corrected chi connectivity index (χ0v) is 9.44. The standard InChI is InChI=1S/C10H10O2S2/c1-2-6-4-3-5-7(9(11)13)8(6)10(12)14/h3-5H,2H2,1H3,(H,11,13)(H,12,14). The Bertz CT molecular complexity index is 386. The number of rotatable bonds is 3. The molecule has 0 fully saturated rings. The lowest BCUT2D eigenvalue weighted by molar-refractivity contribution is 0.106. The number of benzene rings is 1. The van der Waals surface area contributed by atoms with Crippen LogP contribution in [0, 0.1) is 0 Å². The van der Waals surface area contributed by atoms with Crippen LogP contribution < -0.4 is 0 Å². The van der Waals surface area contributed by atoms with Gasteiger partial charge in [-0.05, 0) is 18.1 Å². The Morgan fingerprint density at radius 1 is 1.21 bits per heavy atom. The van der Waals surface area contributed by atoms with Gasteiger partial charge in [0, 0.05) is 11.1 Å². The van der Waals surface area contributed by atoms with Gasteiger partial charge in [-0.1, -0.05) is 19.1 Å². The predicted molar refractivity (Wildman–Crippen MR) is 62.5 cm³/mol. The lowest BCUT2D eigenvalue weighted by atomic mass is 10.0. The Labute approximate surface area is 93.5 Å². The van der Waals surface area contributed by atoms with E-state index in [4.69, 9.17) is 0 Å². The van der Waals surface area contributed by atoms with Crippen molar-refractivity contribution in [3.63, 3.8) is 0 Å². The van der Waals surface area contributed by atoms with Crippen LogP contribution in [0.2, 0.25) is 0 Å². The van der Waals surface area contributed by atoms with E-state index in [-0.39, 0.29) is 5.12 Å². The van der Waals surface area contributed by atoms with Crippen molar-refractivity contribution in [3.8, 4) is 0 Å². The van der Waals surface area contributed by atoms with E-state index in [0.29, 0.717) is 17.5 Å². The molecule has 0 aliphatic heterocycles. The highest BCUT2D eigenvalue weighted by Gasteiger charge is 2.15. The maximum Gasteiger partial charge on any atom is 0.217 e. The lowest BCUT2D eigenvalue weighted by Crippen LogP contribution is -2.05. The second kappa shape index (κ2) is 4.66. The third kappa shape index (κ3) is 2.19. The van der Waals surface area contributed by atoms with Crippen LogP contribution >= 0.6 is 25.3 Å². The minimum absolute atomic E-state index is 0.327. The summed E-state index contributed by atoms with van der Waals surface area (Å²) in [6.45, 7) is 1.92. The van der Waals surface area contributed by atoms with Gasteiger partial charge in [-0.2, -0.15) is 0 Å². The van der Waals surface area contributed by atoms with E-state index in [1.807, 2.05) is 13.0 Å². The molecule has 0 N–H and O–H groups in total. The molecule has 0 spiro atoms. The maximum atomic E-state index is 11.2. The highest BCUT2D eigenvalue weighted by atomic mass is 32.1. The second-order valence-corrected chi connectivity index (χ2v) is 3.62. The number of carbonyl (C=O) groups excluding carboxylic acids is 2. The molecule has 1 aromatic rings. The van der Waals surface area contributed by atoms with E-state index >= 15 is 0 Å². The summed E-state index contributed by atoms with van der Waals surface area (Å²) in [5.41, 5.74) is 1.52. The monoisotopic (exact) mass is 226 g/mol. The molecule has 0 amide bonds. The number of hydrogen-bond acceptors (Lipinski definition) is 2. The number of aryl methyl sites for hydroxylation is 1. The topological polar surface area (TPSA) is 34.1 Å². The Kier molecular flexibility index (Phi) is 3.77. The van der Waals surface area contributed by atoms with Gasteiger partial charge in [-0.25, -0.2) is 0 Å². The fourth-order valence-electron chi connectivity index (χ4n) is 1.33. The summed E-state index contributed by atoms with van der Waals surface area (Å²) in [7, 11) is 0. The SMILES string of the molecule is CCc1cccc(C(=O)S)c1C(=O)S. The molecule has 0 saturated heterocycles. The molecule has 0 aromatic heterocycles. The summed E-state index contributed by atoms with van der Waals surface area (Å²) >= 11 is 7.46. The highest BCUT2D eigenvalue weighted by Crippen LogP contribution is 2.19. The van der Waals surface area contributed by atoms with Crippen LogP contribution in [0.15, 0.2) is 18.2 Å². The van der Waals surface area contributed by atoms with Crippen molar-refractivity contribution in [2.24, 2.45) is 0 Å². The fourth-order valence-corrected chi connectivity index (χ4v) is 1.78. The first-order chi connectivity index (χ1) is 6.57. The van der Waals surface area contributed by atoms with Crippen molar-refractivity contribution < 1.29 is 9.59 Å². The quantitative estimate of drug-likeness (QED) is 0.776. The summed E-state index contributed by atoms with van der Waals surface area (Å²) in [6, 6.07) is 5.13. The highest BCUT2D eigenvalue weighted by molar-refractivity contribution is 7.98.